The molecule has 0 aliphatic heterocycles. The second kappa shape index (κ2) is 11.7. The number of hydrogen-bond donors (Lipinski definition) is 1. The lowest BCUT2D eigenvalue weighted by molar-refractivity contribution is 0.327. The minimum absolute atomic E-state index is 0.00225. The van der Waals surface area contributed by atoms with Crippen LogP contribution in [0.5, 0.6) is 0 Å². The summed E-state index contributed by atoms with van der Waals surface area (Å²) in [6.45, 7) is 2.25. The Bertz CT molecular complexity index is 1130. The number of halogens is 1. The van der Waals surface area contributed by atoms with Gasteiger partial charge in [-0.05, 0) is 80.8 Å². The average Bonchev–Trinajstić information content (AvgIpc) is 3.10. The van der Waals surface area contributed by atoms with E-state index in [0.29, 0.717) is 11.8 Å². The standard InChI is InChI=1S/C33H39ClN2/c1-23(20-24-10-9-15-25-11-5-6-14-27(25)22-24)21-32(26-12-3-2-4-13-26)36-33(35)30-18-19-31(34)29-17-8-7-16-28(29)30/h2-4,6-7,12-14,16,18-20,24-25,27,29,31,35H,5,8-11,15,17,21-22H2,1H3/b23-20-,35-33?,36-32+. The summed E-state index contributed by atoms with van der Waals surface area (Å²) in [6.07, 6.45) is 26.6. The fourth-order valence-corrected chi connectivity index (χ4v) is 6.95. The Morgan fingerprint density at radius 2 is 1.86 bits per heavy atom. The first kappa shape index (κ1) is 25.2. The van der Waals surface area contributed by atoms with Crippen LogP contribution in [0.1, 0.15) is 70.3 Å². The molecule has 36 heavy (non-hydrogen) atoms. The summed E-state index contributed by atoms with van der Waals surface area (Å²) < 4.78 is 0. The fourth-order valence-electron chi connectivity index (χ4n) is 6.62. The van der Waals surface area contributed by atoms with Crippen molar-refractivity contribution in [3.05, 3.63) is 95.1 Å². The van der Waals surface area contributed by atoms with Crippen molar-refractivity contribution < 1.29 is 0 Å². The first-order valence-corrected chi connectivity index (χ1v) is 14.3. The molecule has 5 rings (SSSR count). The Kier molecular flexibility index (Phi) is 8.22. The van der Waals surface area contributed by atoms with Crippen LogP contribution in [-0.2, 0) is 0 Å². The van der Waals surface area contributed by atoms with Crippen LogP contribution in [-0.4, -0.2) is 16.9 Å². The van der Waals surface area contributed by atoms with Crippen molar-refractivity contribution in [2.75, 3.05) is 0 Å². The monoisotopic (exact) mass is 498 g/mol. The minimum Gasteiger partial charge on any atom is -0.282 e. The molecule has 1 saturated carbocycles. The van der Waals surface area contributed by atoms with Gasteiger partial charge in [0.1, 0.15) is 0 Å². The number of alkyl halides is 1. The van der Waals surface area contributed by atoms with E-state index in [-0.39, 0.29) is 11.3 Å². The van der Waals surface area contributed by atoms with Gasteiger partial charge in [-0.25, -0.2) is 4.99 Å². The van der Waals surface area contributed by atoms with Crippen molar-refractivity contribution in [1.29, 1.82) is 5.41 Å². The van der Waals surface area contributed by atoms with E-state index in [1.807, 2.05) is 18.2 Å². The van der Waals surface area contributed by atoms with E-state index in [1.54, 1.807) is 0 Å². The smallest absolute Gasteiger partial charge is 0.152 e. The topological polar surface area (TPSA) is 36.2 Å². The van der Waals surface area contributed by atoms with E-state index in [9.17, 15) is 0 Å². The zero-order valence-electron chi connectivity index (χ0n) is 21.5. The summed E-state index contributed by atoms with van der Waals surface area (Å²) in [4.78, 5) is 4.97. The number of amidine groups is 1. The third kappa shape index (κ3) is 5.92. The molecule has 5 unspecified atom stereocenters. The van der Waals surface area contributed by atoms with E-state index in [0.717, 1.165) is 47.9 Å². The highest BCUT2D eigenvalue weighted by atomic mass is 35.5. The van der Waals surface area contributed by atoms with E-state index in [1.165, 1.54) is 49.7 Å². The summed E-state index contributed by atoms with van der Waals surface area (Å²) in [5.41, 5.74) is 5.53. The molecule has 1 aromatic carbocycles. The van der Waals surface area contributed by atoms with Gasteiger partial charge in [0.25, 0.3) is 0 Å². The number of nitrogens with one attached hydrogen (secondary N) is 1. The Balaban J connectivity index is 1.39. The zero-order chi connectivity index (χ0) is 24.9. The maximum atomic E-state index is 8.98. The highest BCUT2D eigenvalue weighted by Gasteiger charge is 2.29. The first-order valence-electron chi connectivity index (χ1n) is 13.9. The normalized spacial score (nSPS) is 30.6. The molecule has 1 fully saturated rings. The molecule has 2 nitrogen and oxygen atoms in total. The number of rotatable bonds is 5. The van der Waals surface area contributed by atoms with Gasteiger partial charge in [0.15, 0.2) is 5.84 Å². The summed E-state index contributed by atoms with van der Waals surface area (Å²) in [6, 6.07) is 10.4. The van der Waals surface area contributed by atoms with Gasteiger partial charge < -0.3 is 0 Å². The first-order chi connectivity index (χ1) is 17.6. The van der Waals surface area contributed by atoms with Crippen LogP contribution < -0.4 is 0 Å². The Labute approximate surface area is 222 Å². The third-order valence-corrected chi connectivity index (χ3v) is 8.93. The summed E-state index contributed by atoms with van der Waals surface area (Å²) in [7, 11) is 0. The zero-order valence-corrected chi connectivity index (χ0v) is 22.3. The van der Waals surface area contributed by atoms with E-state index in [2.05, 4.69) is 61.6 Å². The van der Waals surface area contributed by atoms with Crippen LogP contribution >= 0.6 is 11.6 Å². The van der Waals surface area contributed by atoms with Crippen LogP contribution in [0.2, 0.25) is 0 Å². The fraction of sp³-hybridized carbons (Fsp3) is 0.455. The van der Waals surface area contributed by atoms with Gasteiger partial charge in [-0.3, -0.25) is 5.41 Å². The molecule has 0 bridgehead atoms. The highest BCUT2D eigenvalue weighted by Crippen LogP contribution is 2.39. The number of hydrogen-bond acceptors (Lipinski definition) is 1. The molecule has 0 heterocycles. The van der Waals surface area contributed by atoms with E-state index >= 15 is 0 Å². The van der Waals surface area contributed by atoms with Crippen molar-refractivity contribution >= 4 is 23.1 Å². The quantitative estimate of drug-likeness (QED) is 0.182. The van der Waals surface area contributed by atoms with Crippen LogP contribution in [0.4, 0.5) is 0 Å². The molecule has 4 aliphatic rings. The molecule has 0 saturated heterocycles. The lowest BCUT2D eigenvalue weighted by atomic mass is 9.79. The van der Waals surface area contributed by atoms with Crippen molar-refractivity contribution in [3.8, 4) is 0 Å². The van der Waals surface area contributed by atoms with E-state index in [4.69, 9.17) is 22.0 Å². The van der Waals surface area contributed by atoms with Crippen molar-refractivity contribution in [2.45, 2.75) is 70.1 Å². The number of aliphatic imine (C=N–C) groups is 1. The highest BCUT2D eigenvalue weighted by molar-refractivity contribution is 6.23. The number of benzene rings is 1. The summed E-state index contributed by atoms with van der Waals surface area (Å²) in [5, 5.41) is 8.98. The van der Waals surface area contributed by atoms with Crippen LogP contribution in [0.25, 0.3) is 0 Å². The lowest BCUT2D eigenvalue weighted by Crippen LogP contribution is -2.23. The molecular formula is C33H39ClN2. The molecule has 4 aliphatic carbocycles. The Hall–Kier alpha value is -2.45. The Morgan fingerprint density at radius 3 is 2.72 bits per heavy atom. The van der Waals surface area contributed by atoms with Crippen LogP contribution in [0.15, 0.2) is 94.6 Å². The molecule has 0 aromatic heterocycles. The van der Waals surface area contributed by atoms with Crippen LogP contribution in [0.3, 0.4) is 0 Å². The van der Waals surface area contributed by atoms with Gasteiger partial charge in [-0.1, -0.05) is 84.9 Å². The minimum atomic E-state index is 0.00225. The SMILES string of the molecule is C/C(=C/C1CCCC2CCC=CC2C1)C/C(=N\C(=N)C1=C2C=CCCC2C(Cl)C=C1)c1ccccc1. The molecule has 3 heteroatoms. The molecule has 0 radical (unpaired) electrons. The molecular weight excluding hydrogens is 460 g/mol. The molecule has 1 N–H and O–H groups in total. The van der Waals surface area contributed by atoms with Gasteiger partial charge >= 0.3 is 0 Å². The maximum absolute atomic E-state index is 8.98. The predicted octanol–water partition coefficient (Wildman–Crippen LogP) is 9.00. The van der Waals surface area contributed by atoms with Gasteiger partial charge in [0.05, 0.1) is 11.1 Å². The third-order valence-electron chi connectivity index (χ3n) is 8.48. The molecule has 0 spiro atoms. The van der Waals surface area contributed by atoms with Gasteiger partial charge in [0, 0.05) is 17.9 Å². The van der Waals surface area contributed by atoms with Crippen LogP contribution in [0, 0.1) is 29.1 Å². The van der Waals surface area contributed by atoms with Gasteiger partial charge in [-0.2, -0.15) is 0 Å². The largest absolute Gasteiger partial charge is 0.282 e. The van der Waals surface area contributed by atoms with Crippen molar-refractivity contribution in [1.82, 2.24) is 0 Å². The number of allylic oxidation sites excluding steroid dienone is 8. The predicted molar refractivity (Wildman–Crippen MR) is 154 cm³/mol. The molecule has 5 atom stereocenters. The molecule has 1 aromatic rings. The molecule has 0 amide bonds. The number of fused-ring (bicyclic) bond motifs is 2. The van der Waals surface area contributed by atoms with Crippen molar-refractivity contribution in [3.63, 3.8) is 0 Å². The second-order valence-corrected chi connectivity index (χ2v) is 11.6. The Morgan fingerprint density at radius 1 is 1.03 bits per heavy atom. The van der Waals surface area contributed by atoms with Gasteiger partial charge in [0.2, 0.25) is 0 Å². The lowest BCUT2D eigenvalue weighted by Gasteiger charge is -2.29. The number of nitrogens with zero attached hydrogens (tertiary/aromatic N) is 1. The average molecular weight is 499 g/mol. The van der Waals surface area contributed by atoms with Gasteiger partial charge in [-0.15, -0.1) is 11.6 Å². The maximum Gasteiger partial charge on any atom is 0.152 e. The molecule has 188 valence electrons. The van der Waals surface area contributed by atoms with Crippen molar-refractivity contribution in [2.24, 2.45) is 28.7 Å². The summed E-state index contributed by atoms with van der Waals surface area (Å²) in [5.74, 6) is 2.90. The summed E-state index contributed by atoms with van der Waals surface area (Å²) >= 11 is 6.60. The second-order valence-electron chi connectivity index (χ2n) is 11.1. The van der Waals surface area contributed by atoms with E-state index < -0.39 is 0 Å².